The van der Waals surface area contributed by atoms with Crippen molar-refractivity contribution in [2.45, 2.75) is 43.6 Å². The highest BCUT2D eigenvalue weighted by Gasteiger charge is 2.60. The van der Waals surface area contributed by atoms with Crippen molar-refractivity contribution < 1.29 is 9.59 Å². The molecule has 1 saturated carbocycles. The second-order valence-corrected chi connectivity index (χ2v) is 7.58. The number of benzene rings is 2. The fraction of sp³-hybridized carbons (Fsp3) is 0.364. The summed E-state index contributed by atoms with van der Waals surface area (Å²) in [5.41, 5.74) is 9.19. The van der Waals surface area contributed by atoms with Crippen LogP contribution in [0.1, 0.15) is 36.0 Å². The molecule has 4 rings (SSSR count). The number of carbonyl (C=O) groups excluding carboxylic acids is 2. The predicted molar refractivity (Wildman–Crippen MR) is 100 cm³/mol. The van der Waals surface area contributed by atoms with Crippen LogP contribution in [0.5, 0.6) is 0 Å². The van der Waals surface area contributed by atoms with Crippen LogP contribution in [-0.2, 0) is 27.8 Å². The molecule has 0 heterocycles. The average Bonchev–Trinajstić information content (AvgIpc) is 3.37. The molecular formula is C22H24N2O2. The van der Waals surface area contributed by atoms with Crippen LogP contribution in [0.3, 0.4) is 0 Å². The van der Waals surface area contributed by atoms with Crippen LogP contribution >= 0.6 is 0 Å². The summed E-state index contributed by atoms with van der Waals surface area (Å²) in [5.74, 6) is -0.580. The second-order valence-electron chi connectivity index (χ2n) is 7.58. The van der Waals surface area contributed by atoms with Gasteiger partial charge >= 0.3 is 0 Å². The van der Waals surface area contributed by atoms with Crippen molar-refractivity contribution in [2.75, 3.05) is 0 Å². The average molecular weight is 348 g/mol. The number of rotatable bonds is 5. The van der Waals surface area contributed by atoms with E-state index in [4.69, 9.17) is 5.73 Å². The Hall–Kier alpha value is -2.62. The summed E-state index contributed by atoms with van der Waals surface area (Å²) in [6.45, 7) is 0. The molecule has 1 spiro atoms. The largest absolute Gasteiger partial charge is 0.368 e. The zero-order valence-corrected chi connectivity index (χ0v) is 14.8. The van der Waals surface area contributed by atoms with Gasteiger partial charge in [0.2, 0.25) is 11.8 Å². The van der Waals surface area contributed by atoms with E-state index >= 15 is 0 Å². The van der Waals surface area contributed by atoms with Crippen molar-refractivity contribution in [1.82, 2.24) is 5.32 Å². The van der Waals surface area contributed by atoms with E-state index in [9.17, 15) is 9.59 Å². The first-order valence-corrected chi connectivity index (χ1v) is 9.32. The molecule has 0 radical (unpaired) electrons. The number of nitrogens with one attached hydrogen (secondary N) is 1. The first-order chi connectivity index (χ1) is 12.6. The molecule has 3 N–H and O–H groups in total. The Morgan fingerprint density at radius 1 is 1.12 bits per heavy atom. The van der Waals surface area contributed by atoms with Gasteiger partial charge in [0.05, 0.1) is 0 Å². The number of hydrogen-bond donors (Lipinski definition) is 2. The van der Waals surface area contributed by atoms with Crippen LogP contribution in [0.25, 0.3) is 0 Å². The molecule has 0 saturated heterocycles. The number of carbonyl (C=O) groups is 2. The van der Waals surface area contributed by atoms with Gasteiger partial charge in [-0.15, -0.1) is 0 Å². The summed E-state index contributed by atoms with van der Waals surface area (Å²) < 4.78 is 0. The monoisotopic (exact) mass is 348 g/mol. The Kier molecular flexibility index (Phi) is 4.27. The number of primary amides is 1. The maximum atomic E-state index is 12.9. The van der Waals surface area contributed by atoms with E-state index in [0.29, 0.717) is 6.42 Å². The van der Waals surface area contributed by atoms with E-state index in [1.165, 1.54) is 11.1 Å². The van der Waals surface area contributed by atoms with Crippen molar-refractivity contribution in [3.8, 4) is 0 Å². The van der Waals surface area contributed by atoms with E-state index in [1.807, 2.05) is 30.3 Å². The van der Waals surface area contributed by atoms with Gasteiger partial charge in [-0.05, 0) is 42.4 Å². The van der Waals surface area contributed by atoms with Gasteiger partial charge in [0, 0.05) is 17.8 Å². The lowest BCUT2D eigenvalue weighted by Gasteiger charge is -2.26. The molecule has 1 fully saturated rings. The van der Waals surface area contributed by atoms with Gasteiger partial charge in [0.25, 0.3) is 0 Å². The van der Waals surface area contributed by atoms with Crippen LogP contribution in [-0.4, -0.2) is 17.9 Å². The molecule has 0 unspecified atom stereocenters. The first-order valence-electron chi connectivity index (χ1n) is 9.32. The molecule has 3 atom stereocenters. The summed E-state index contributed by atoms with van der Waals surface area (Å²) in [5, 5.41) is 2.92. The van der Waals surface area contributed by atoms with Gasteiger partial charge in [-0.25, -0.2) is 0 Å². The summed E-state index contributed by atoms with van der Waals surface area (Å²) in [7, 11) is 0. The molecule has 2 aromatic carbocycles. The zero-order valence-electron chi connectivity index (χ0n) is 14.8. The van der Waals surface area contributed by atoms with Gasteiger partial charge in [-0.3, -0.25) is 9.59 Å². The van der Waals surface area contributed by atoms with E-state index in [2.05, 4.69) is 29.6 Å². The van der Waals surface area contributed by atoms with Crippen LogP contribution in [0, 0.1) is 5.92 Å². The minimum Gasteiger partial charge on any atom is -0.368 e. The van der Waals surface area contributed by atoms with Gasteiger partial charge in [-0.1, -0.05) is 54.6 Å². The SMILES string of the molecule is NC(=O)[C@H](Cc1ccccc1)NC(=O)[C@H]1C[C@@]12CCCc1ccccc12. The molecule has 134 valence electrons. The molecular weight excluding hydrogens is 324 g/mol. The lowest BCUT2D eigenvalue weighted by atomic mass is 9.78. The fourth-order valence-electron chi connectivity index (χ4n) is 4.52. The third-order valence-corrected chi connectivity index (χ3v) is 5.96. The van der Waals surface area contributed by atoms with Crippen molar-refractivity contribution in [3.05, 3.63) is 71.3 Å². The van der Waals surface area contributed by atoms with Crippen LogP contribution in [0.15, 0.2) is 54.6 Å². The topological polar surface area (TPSA) is 72.2 Å². The maximum Gasteiger partial charge on any atom is 0.240 e. The predicted octanol–water partition coefficient (Wildman–Crippen LogP) is 2.49. The number of hydrogen-bond acceptors (Lipinski definition) is 2. The minimum atomic E-state index is -0.665. The summed E-state index contributed by atoms with van der Waals surface area (Å²) in [6.07, 6.45) is 4.54. The molecule has 0 aliphatic heterocycles. The number of aryl methyl sites for hydroxylation is 1. The number of amides is 2. The molecule has 26 heavy (non-hydrogen) atoms. The summed E-state index contributed by atoms with van der Waals surface area (Å²) in [6, 6.07) is 17.4. The third-order valence-electron chi connectivity index (χ3n) is 5.96. The Morgan fingerprint density at radius 3 is 2.62 bits per heavy atom. The van der Waals surface area contributed by atoms with Gasteiger partial charge in [-0.2, -0.15) is 0 Å². The van der Waals surface area contributed by atoms with Crippen molar-refractivity contribution in [3.63, 3.8) is 0 Å². The highest BCUT2D eigenvalue weighted by Crippen LogP contribution is 2.60. The molecule has 2 amide bonds. The number of nitrogens with two attached hydrogens (primary N) is 1. The smallest absolute Gasteiger partial charge is 0.240 e. The normalized spacial score (nSPS) is 24.5. The fourth-order valence-corrected chi connectivity index (χ4v) is 4.52. The maximum absolute atomic E-state index is 12.9. The van der Waals surface area contributed by atoms with E-state index in [1.54, 1.807) is 0 Å². The standard InChI is InChI=1S/C22H24N2O2/c23-20(25)19(13-15-7-2-1-3-8-15)24-21(26)18-14-22(18)12-6-10-16-9-4-5-11-17(16)22/h1-5,7-9,11,18-19H,6,10,12-14H2,(H2,23,25)(H,24,26)/t18-,19+,22-/m1/s1. The highest BCUT2D eigenvalue weighted by molar-refractivity contribution is 5.90. The lowest BCUT2D eigenvalue weighted by Crippen LogP contribution is -2.47. The molecule has 4 nitrogen and oxygen atoms in total. The lowest BCUT2D eigenvalue weighted by molar-refractivity contribution is -0.128. The molecule has 2 aliphatic rings. The highest BCUT2D eigenvalue weighted by atomic mass is 16.2. The quantitative estimate of drug-likeness (QED) is 0.871. The molecule has 0 bridgehead atoms. The van der Waals surface area contributed by atoms with Crippen molar-refractivity contribution in [1.29, 1.82) is 0 Å². The van der Waals surface area contributed by atoms with Gasteiger partial charge in [0.15, 0.2) is 0 Å². The van der Waals surface area contributed by atoms with E-state index < -0.39 is 11.9 Å². The van der Waals surface area contributed by atoms with Gasteiger partial charge < -0.3 is 11.1 Å². The Labute approximate surface area is 153 Å². The number of fused-ring (bicyclic) bond motifs is 2. The van der Waals surface area contributed by atoms with Crippen molar-refractivity contribution >= 4 is 11.8 Å². The Bertz CT molecular complexity index is 833. The summed E-state index contributed by atoms with van der Waals surface area (Å²) in [4.78, 5) is 24.7. The minimum absolute atomic E-state index is 0.0339. The molecule has 0 aromatic heterocycles. The second kappa shape index (κ2) is 6.60. The van der Waals surface area contributed by atoms with E-state index in [0.717, 1.165) is 31.2 Å². The van der Waals surface area contributed by atoms with Gasteiger partial charge in [0.1, 0.15) is 6.04 Å². The first kappa shape index (κ1) is 16.8. The molecule has 4 heteroatoms. The summed E-state index contributed by atoms with van der Waals surface area (Å²) >= 11 is 0. The van der Waals surface area contributed by atoms with Crippen molar-refractivity contribution in [2.24, 2.45) is 11.7 Å². The van der Waals surface area contributed by atoms with Crippen LogP contribution in [0.2, 0.25) is 0 Å². The van der Waals surface area contributed by atoms with E-state index in [-0.39, 0.29) is 17.2 Å². The van der Waals surface area contributed by atoms with Crippen LogP contribution in [0.4, 0.5) is 0 Å². The van der Waals surface area contributed by atoms with Crippen LogP contribution < -0.4 is 11.1 Å². The zero-order chi connectivity index (χ0) is 18.1. The molecule has 2 aromatic rings. The molecule has 2 aliphatic carbocycles. The Balaban J connectivity index is 1.48. The third kappa shape index (κ3) is 3.00. The Morgan fingerprint density at radius 2 is 1.85 bits per heavy atom.